The third kappa shape index (κ3) is 4.60. The number of aliphatic hydroxyl groups excluding tert-OH is 1. The van der Waals surface area contributed by atoms with E-state index in [0.717, 1.165) is 18.4 Å². The minimum Gasteiger partial charge on any atom is -0.393 e. The van der Waals surface area contributed by atoms with Crippen LogP contribution in [0.4, 0.5) is 0 Å². The number of pyridine rings is 1. The van der Waals surface area contributed by atoms with E-state index in [4.69, 9.17) is 11.6 Å². The molecule has 2 unspecified atom stereocenters. The normalized spacial score (nSPS) is 22.6. The molecule has 1 aromatic carbocycles. The smallest absolute Gasteiger partial charge is 0.254 e. The molecule has 4 nitrogen and oxygen atoms in total. The van der Waals surface area contributed by atoms with Crippen LogP contribution in [0.3, 0.4) is 0 Å². The molecule has 1 aromatic heterocycles. The largest absolute Gasteiger partial charge is 0.393 e. The van der Waals surface area contributed by atoms with Gasteiger partial charge in [-0.05, 0) is 49.6 Å². The summed E-state index contributed by atoms with van der Waals surface area (Å²) < 4.78 is 0. The summed E-state index contributed by atoms with van der Waals surface area (Å²) in [5.41, 5.74) is 0.501. The second-order valence-electron chi connectivity index (χ2n) is 6.29. The third-order valence-electron chi connectivity index (χ3n) is 4.27. The molecule has 2 atom stereocenters. The molecule has 1 aliphatic rings. The Morgan fingerprint density at radius 2 is 2.24 bits per heavy atom. The van der Waals surface area contributed by atoms with Crippen LogP contribution in [0.25, 0.3) is 0 Å². The van der Waals surface area contributed by atoms with Crippen molar-refractivity contribution in [2.45, 2.75) is 37.3 Å². The average molecular weight is 355 g/mol. The zero-order valence-electron chi connectivity index (χ0n) is 13.7. The lowest BCUT2D eigenvalue weighted by Crippen LogP contribution is -2.51. The second kappa shape index (κ2) is 7.69. The van der Waals surface area contributed by atoms with Crippen LogP contribution < -0.4 is 5.32 Å². The molecule has 3 rings (SSSR count). The highest BCUT2D eigenvalue weighted by molar-refractivity contribution is 6.30. The van der Waals surface area contributed by atoms with E-state index in [-0.39, 0.29) is 5.91 Å². The van der Waals surface area contributed by atoms with Crippen molar-refractivity contribution >= 4 is 17.5 Å². The van der Waals surface area contributed by atoms with Crippen molar-refractivity contribution in [2.75, 3.05) is 0 Å². The number of nitrogens with one attached hydrogen (secondary N) is 1. The third-order valence-corrected chi connectivity index (χ3v) is 4.51. The number of aliphatic hydroxyl groups is 1. The summed E-state index contributed by atoms with van der Waals surface area (Å²) in [6.07, 6.45) is 5.30. The van der Waals surface area contributed by atoms with Gasteiger partial charge < -0.3 is 10.4 Å². The fraction of sp³-hybridized carbons (Fsp3) is 0.300. The number of hydrogen-bond acceptors (Lipinski definition) is 3. The van der Waals surface area contributed by atoms with Crippen molar-refractivity contribution in [2.24, 2.45) is 0 Å². The molecule has 0 bridgehead atoms. The number of carbonyl (C=O) groups excluding carboxylic acids is 1. The molecular formula is C20H19ClN2O2. The summed E-state index contributed by atoms with van der Waals surface area (Å²) in [5, 5.41) is 13.8. The lowest BCUT2D eigenvalue weighted by atomic mass is 9.80. The molecular weight excluding hydrogens is 336 g/mol. The van der Waals surface area contributed by atoms with Gasteiger partial charge in [0.25, 0.3) is 5.91 Å². The molecule has 1 heterocycles. The van der Waals surface area contributed by atoms with E-state index in [2.05, 4.69) is 22.1 Å². The maximum atomic E-state index is 12.6. The Morgan fingerprint density at radius 1 is 1.36 bits per heavy atom. The summed E-state index contributed by atoms with van der Waals surface area (Å²) in [4.78, 5) is 16.5. The number of rotatable bonds is 2. The van der Waals surface area contributed by atoms with Crippen LogP contribution in [-0.2, 0) is 0 Å². The molecule has 128 valence electrons. The standard InChI is InChI=1S/C20H19ClN2O2/c21-17-6-1-4-15(12-17)8-10-20(9-2-7-18(24)13-20)23-19(25)16-5-3-11-22-14-16/h1,3-6,11-12,14,18,24H,2,7,9,13H2,(H,23,25). The highest BCUT2D eigenvalue weighted by Gasteiger charge is 2.36. The Morgan fingerprint density at radius 3 is 2.96 bits per heavy atom. The van der Waals surface area contributed by atoms with Gasteiger partial charge >= 0.3 is 0 Å². The molecule has 1 aliphatic carbocycles. The highest BCUT2D eigenvalue weighted by atomic mass is 35.5. The number of aromatic nitrogens is 1. The lowest BCUT2D eigenvalue weighted by molar-refractivity contribution is 0.0751. The van der Waals surface area contributed by atoms with E-state index in [1.165, 1.54) is 6.20 Å². The van der Waals surface area contributed by atoms with E-state index in [0.29, 0.717) is 23.4 Å². The molecule has 1 fully saturated rings. The van der Waals surface area contributed by atoms with Crippen molar-refractivity contribution in [3.8, 4) is 11.8 Å². The summed E-state index contributed by atoms with van der Waals surface area (Å²) in [6, 6.07) is 10.7. The first-order chi connectivity index (χ1) is 12.1. The summed E-state index contributed by atoms with van der Waals surface area (Å²) in [7, 11) is 0. The predicted molar refractivity (Wildman–Crippen MR) is 97.2 cm³/mol. The molecule has 2 N–H and O–H groups in total. The van der Waals surface area contributed by atoms with Gasteiger partial charge in [0.1, 0.15) is 5.54 Å². The van der Waals surface area contributed by atoms with E-state index in [1.54, 1.807) is 30.5 Å². The molecule has 0 spiro atoms. The van der Waals surface area contributed by atoms with Gasteiger partial charge in [-0.1, -0.05) is 29.5 Å². The SMILES string of the molecule is O=C(NC1(C#Cc2cccc(Cl)c2)CCCC(O)C1)c1cccnc1. The molecule has 0 radical (unpaired) electrons. The second-order valence-corrected chi connectivity index (χ2v) is 6.72. The number of benzene rings is 1. The zero-order chi connectivity index (χ0) is 17.7. The monoisotopic (exact) mass is 354 g/mol. The van der Waals surface area contributed by atoms with Crippen molar-refractivity contribution in [1.29, 1.82) is 0 Å². The van der Waals surface area contributed by atoms with Gasteiger partial charge in [-0.15, -0.1) is 0 Å². The lowest BCUT2D eigenvalue weighted by Gasteiger charge is -2.36. The topological polar surface area (TPSA) is 62.2 Å². The van der Waals surface area contributed by atoms with Crippen LogP contribution in [0.15, 0.2) is 48.8 Å². The van der Waals surface area contributed by atoms with Crippen LogP contribution in [0.5, 0.6) is 0 Å². The van der Waals surface area contributed by atoms with Gasteiger partial charge in [0, 0.05) is 29.4 Å². The van der Waals surface area contributed by atoms with E-state index in [9.17, 15) is 9.90 Å². The van der Waals surface area contributed by atoms with Crippen LogP contribution in [0.1, 0.15) is 41.6 Å². The van der Waals surface area contributed by atoms with Crippen molar-refractivity contribution in [3.05, 3.63) is 64.9 Å². The first-order valence-corrected chi connectivity index (χ1v) is 8.63. The summed E-state index contributed by atoms with van der Waals surface area (Å²) in [5.74, 6) is 6.05. The molecule has 2 aromatic rings. The van der Waals surface area contributed by atoms with Gasteiger partial charge in [0.05, 0.1) is 11.7 Å². The fourth-order valence-corrected chi connectivity index (χ4v) is 3.24. The summed E-state index contributed by atoms with van der Waals surface area (Å²) in [6.45, 7) is 0. The van der Waals surface area contributed by atoms with E-state index >= 15 is 0 Å². The average Bonchev–Trinajstić information content (AvgIpc) is 2.61. The maximum Gasteiger partial charge on any atom is 0.254 e. The summed E-state index contributed by atoms with van der Waals surface area (Å²) >= 11 is 6.00. The Balaban J connectivity index is 1.88. The van der Waals surface area contributed by atoms with Gasteiger partial charge in [-0.25, -0.2) is 0 Å². The predicted octanol–water partition coefficient (Wildman–Crippen LogP) is 3.19. The Bertz CT molecular complexity index is 813. The minimum atomic E-state index is -0.757. The van der Waals surface area contributed by atoms with E-state index in [1.807, 2.05) is 12.1 Å². The van der Waals surface area contributed by atoms with Crippen LogP contribution in [-0.4, -0.2) is 27.6 Å². The van der Waals surface area contributed by atoms with Crippen molar-refractivity contribution in [1.82, 2.24) is 10.3 Å². The minimum absolute atomic E-state index is 0.234. The number of nitrogens with zero attached hydrogens (tertiary/aromatic N) is 1. The van der Waals surface area contributed by atoms with Gasteiger partial charge in [0.15, 0.2) is 0 Å². The van der Waals surface area contributed by atoms with Gasteiger partial charge in [0.2, 0.25) is 0 Å². The van der Waals surface area contributed by atoms with Crippen LogP contribution in [0.2, 0.25) is 5.02 Å². The number of carbonyl (C=O) groups is 1. The van der Waals surface area contributed by atoms with E-state index < -0.39 is 11.6 Å². The van der Waals surface area contributed by atoms with Crippen molar-refractivity contribution in [3.63, 3.8) is 0 Å². The Hall–Kier alpha value is -2.35. The zero-order valence-corrected chi connectivity index (χ0v) is 14.5. The van der Waals surface area contributed by atoms with Crippen molar-refractivity contribution < 1.29 is 9.90 Å². The number of amides is 1. The van der Waals surface area contributed by atoms with Crippen LogP contribution >= 0.6 is 11.6 Å². The first-order valence-electron chi connectivity index (χ1n) is 8.26. The molecule has 0 aliphatic heterocycles. The molecule has 1 amide bonds. The Kier molecular flexibility index (Phi) is 5.37. The van der Waals surface area contributed by atoms with Gasteiger partial charge in [-0.2, -0.15) is 0 Å². The quantitative estimate of drug-likeness (QED) is 0.814. The Labute approximate surface area is 152 Å². The number of hydrogen-bond donors (Lipinski definition) is 2. The molecule has 25 heavy (non-hydrogen) atoms. The number of halogens is 1. The molecule has 0 saturated heterocycles. The highest BCUT2D eigenvalue weighted by Crippen LogP contribution is 2.28. The molecule has 5 heteroatoms. The van der Waals surface area contributed by atoms with Crippen LogP contribution in [0, 0.1) is 11.8 Å². The maximum absolute atomic E-state index is 12.6. The molecule has 1 saturated carbocycles. The first kappa shape index (κ1) is 17.5. The van der Waals surface area contributed by atoms with Gasteiger partial charge in [-0.3, -0.25) is 9.78 Å². The fourth-order valence-electron chi connectivity index (χ4n) is 3.05.